The van der Waals surface area contributed by atoms with E-state index in [2.05, 4.69) is 13.8 Å². The minimum atomic E-state index is 0.128. The third-order valence-corrected chi connectivity index (χ3v) is 4.24. The number of hydrogen-bond donors (Lipinski definition) is 1. The Bertz CT molecular complexity index is 371. The van der Waals surface area contributed by atoms with Gasteiger partial charge >= 0.3 is 0 Å². The van der Waals surface area contributed by atoms with Crippen LogP contribution in [-0.4, -0.2) is 11.6 Å². The van der Waals surface area contributed by atoms with Crippen LogP contribution in [-0.2, 0) is 11.3 Å². The lowest BCUT2D eigenvalue weighted by Crippen LogP contribution is -2.10. The third kappa shape index (κ3) is 2.87. The van der Waals surface area contributed by atoms with E-state index in [0.29, 0.717) is 18.4 Å². The standard InChI is InChI=1S/C13H22N2OS/c1-4-16-12(8(2)3)13-15-11(9-5-6-9)10(7-14)17-13/h8-9,12H,4-7,14H2,1-3H3. The highest BCUT2D eigenvalue weighted by Gasteiger charge is 2.31. The number of nitrogens with zero attached hydrogens (tertiary/aromatic N) is 1. The first-order valence-corrected chi connectivity index (χ1v) is 7.30. The van der Waals surface area contributed by atoms with Crippen molar-refractivity contribution in [2.75, 3.05) is 6.61 Å². The molecule has 3 nitrogen and oxygen atoms in total. The van der Waals surface area contributed by atoms with E-state index in [9.17, 15) is 0 Å². The summed E-state index contributed by atoms with van der Waals surface area (Å²) in [5.41, 5.74) is 7.06. The number of ether oxygens (including phenoxy) is 1. The predicted octanol–water partition coefficient (Wildman–Crippen LogP) is 3.21. The molecule has 1 saturated carbocycles. The molecule has 1 unspecified atom stereocenters. The predicted molar refractivity (Wildman–Crippen MR) is 71.2 cm³/mol. The van der Waals surface area contributed by atoms with Gasteiger partial charge in [0, 0.05) is 23.9 Å². The molecular weight excluding hydrogens is 232 g/mol. The highest BCUT2D eigenvalue weighted by atomic mass is 32.1. The van der Waals surface area contributed by atoms with Gasteiger partial charge in [0.2, 0.25) is 0 Å². The fraction of sp³-hybridized carbons (Fsp3) is 0.769. The maximum absolute atomic E-state index is 5.81. The first-order chi connectivity index (χ1) is 8.17. The molecule has 0 bridgehead atoms. The molecule has 1 aliphatic rings. The van der Waals surface area contributed by atoms with Gasteiger partial charge in [-0.3, -0.25) is 0 Å². The second kappa shape index (κ2) is 5.46. The smallest absolute Gasteiger partial charge is 0.122 e. The van der Waals surface area contributed by atoms with Crippen LogP contribution in [0.2, 0.25) is 0 Å². The quantitative estimate of drug-likeness (QED) is 0.848. The van der Waals surface area contributed by atoms with Crippen LogP contribution in [0, 0.1) is 5.92 Å². The molecule has 0 saturated heterocycles. The van der Waals surface area contributed by atoms with Crippen LogP contribution in [0.4, 0.5) is 0 Å². The zero-order chi connectivity index (χ0) is 12.4. The zero-order valence-corrected chi connectivity index (χ0v) is 11.7. The van der Waals surface area contributed by atoms with Crippen molar-refractivity contribution in [3.8, 4) is 0 Å². The molecule has 0 aliphatic heterocycles. The van der Waals surface area contributed by atoms with E-state index in [1.54, 1.807) is 11.3 Å². The van der Waals surface area contributed by atoms with E-state index in [0.717, 1.165) is 11.6 Å². The Morgan fingerprint density at radius 3 is 2.65 bits per heavy atom. The molecule has 4 heteroatoms. The van der Waals surface area contributed by atoms with Crippen molar-refractivity contribution >= 4 is 11.3 Å². The minimum Gasteiger partial charge on any atom is -0.371 e. The molecule has 1 heterocycles. The largest absolute Gasteiger partial charge is 0.371 e. The van der Waals surface area contributed by atoms with Crippen molar-refractivity contribution in [3.05, 3.63) is 15.6 Å². The van der Waals surface area contributed by atoms with Crippen LogP contribution in [0.15, 0.2) is 0 Å². The fourth-order valence-electron chi connectivity index (χ4n) is 2.05. The number of aromatic nitrogens is 1. The number of thiazole rings is 1. The molecule has 1 atom stereocenters. The van der Waals surface area contributed by atoms with E-state index in [1.807, 2.05) is 6.92 Å². The zero-order valence-electron chi connectivity index (χ0n) is 10.9. The summed E-state index contributed by atoms with van der Waals surface area (Å²) in [6.07, 6.45) is 2.68. The van der Waals surface area contributed by atoms with Crippen molar-refractivity contribution in [1.29, 1.82) is 0 Å². The Kier molecular flexibility index (Phi) is 4.17. The molecule has 2 N–H and O–H groups in total. The average molecular weight is 254 g/mol. The lowest BCUT2D eigenvalue weighted by molar-refractivity contribution is 0.0292. The molecule has 1 aromatic rings. The molecule has 1 aliphatic carbocycles. The number of nitrogens with two attached hydrogens (primary N) is 1. The highest BCUT2D eigenvalue weighted by molar-refractivity contribution is 7.11. The van der Waals surface area contributed by atoms with Gasteiger partial charge in [-0.15, -0.1) is 11.3 Å². The van der Waals surface area contributed by atoms with Gasteiger partial charge in [0.25, 0.3) is 0 Å². The second-order valence-corrected chi connectivity index (χ2v) is 6.07. The SMILES string of the molecule is CCOC(c1nc(C2CC2)c(CN)s1)C(C)C. The number of rotatable bonds is 6. The van der Waals surface area contributed by atoms with Gasteiger partial charge < -0.3 is 10.5 Å². The average Bonchev–Trinajstić information content (AvgIpc) is 3.06. The van der Waals surface area contributed by atoms with E-state index in [-0.39, 0.29) is 6.10 Å². The molecule has 0 radical (unpaired) electrons. The summed E-state index contributed by atoms with van der Waals surface area (Å²) in [6, 6.07) is 0. The highest BCUT2D eigenvalue weighted by Crippen LogP contribution is 2.44. The van der Waals surface area contributed by atoms with Gasteiger partial charge in [0.05, 0.1) is 5.69 Å². The lowest BCUT2D eigenvalue weighted by atomic mass is 10.1. The van der Waals surface area contributed by atoms with Crippen molar-refractivity contribution in [1.82, 2.24) is 4.98 Å². The monoisotopic (exact) mass is 254 g/mol. The molecule has 2 rings (SSSR count). The topological polar surface area (TPSA) is 48.1 Å². The van der Waals surface area contributed by atoms with Crippen molar-refractivity contribution in [2.24, 2.45) is 11.7 Å². The molecule has 0 amide bonds. The van der Waals surface area contributed by atoms with Crippen molar-refractivity contribution in [2.45, 2.75) is 52.2 Å². The summed E-state index contributed by atoms with van der Waals surface area (Å²) in [6.45, 7) is 7.75. The van der Waals surface area contributed by atoms with Crippen molar-refractivity contribution < 1.29 is 4.74 Å². The Hall–Kier alpha value is -0.450. The van der Waals surface area contributed by atoms with E-state index in [4.69, 9.17) is 15.5 Å². The van der Waals surface area contributed by atoms with Crippen LogP contribution in [0.25, 0.3) is 0 Å². The molecule has 1 fully saturated rings. The van der Waals surface area contributed by atoms with Gasteiger partial charge in [0.1, 0.15) is 11.1 Å². The van der Waals surface area contributed by atoms with Crippen LogP contribution in [0.1, 0.15) is 61.2 Å². The lowest BCUT2D eigenvalue weighted by Gasteiger charge is -2.18. The fourth-order valence-corrected chi connectivity index (χ4v) is 3.31. The van der Waals surface area contributed by atoms with Crippen LogP contribution in [0.5, 0.6) is 0 Å². The molecule has 17 heavy (non-hydrogen) atoms. The first kappa shape index (κ1) is 13.0. The number of hydrogen-bond acceptors (Lipinski definition) is 4. The Morgan fingerprint density at radius 1 is 1.47 bits per heavy atom. The molecular formula is C13H22N2OS. The molecule has 0 aromatic carbocycles. The van der Waals surface area contributed by atoms with Crippen LogP contribution in [0.3, 0.4) is 0 Å². The summed E-state index contributed by atoms with van der Waals surface area (Å²) >= 11 is 1.74. The van der Waals surface area contributed by atoms with Gasteiger partial charge in [0.15, 0.2) is 0 Å². The molecule has 1 aromatic heterocycles. The van der Waals surface area contributed by atoms with Crippen molar-refractivity contribution in [3.63, 3.8) is 0 Å². The molecule has 96 valence electrons. The molecule has 0 spiro atoms. The van der Waals surface area contributed by atoms with E-state index in [1.165, 1.54) is 23.4 Å². The summed E-state index contributed by atoms with van der Waals surface area (Å²) < 4.78 is 5.81. The maximum atomic E-state index is 5.81. The first-order valence-electron chi connectivity index (χ1n) is 6.48. The summed E-state index contributed by atoms with van der Waals surface area (Å²) in [5.74, 6) is 1.13. The van der Waals surface area contributed by atoms with E-state index >= 15 is 0 Å². The van der Waals surface area contributed by atoms with Gasteiger partial charge in [-0.05, 0) is 25.7 Å². The summed E-state index contributed by atoms with van der Waals surface area (Å²) in [7, 11) is 0. The minimum absolute atomic E-state index is 0.128. The van der Waals surface area contributed by atoms with Crippen LogP contribution >= 0.6 is 11.3 Å². The third-order valence-electron chi connectivity index (χ3n) is 3.09. The van der Waals surface area contributed by atoms with E-state index < -0.39 is 0 Å². The van der Waals surface area contributed by atoms with Gasteiger partial charge in [-0.1, -0.05) is 13.8 Å². The Morgan fingerprint density at radius 2 is 2.18 bits per heavy atom. The van der Waals surface area contributed by atoms with Gasteiger partial charge in [-0.2, -0.15) is 0 Å². The maximum Gasteiger partial charge on any atom is 0.122 e. The summed E-state index contributed by atoms with van der Waals surface area (Å²) in [5, 5.41) is 1.12. The normalized spacial score (nSPS) is 17.7. The van der Waals surface area contributed by atoms with Crippen LogP contribution < -0.4 is 5.73 Å². The summed E-state index contributed by atoms with van der Waals surface area (Å²) in [4.78, 5) is 6.05. The Balaban J connectivity index is 2.23. The second-order valence-electron chi connectivity index (χ2n) is 4.96. The Labute approximate surface area is 107 Å². The van der Waals surface area contributed by atoms with Gasteiger partial charge in [-0.25, -0.2) is 4.98 Å².